The van der Waals surface area contributed by atoms with Gasteiger partial charge in [-0.25, -0.2) is 0 Å². The second kappa shape index (κ2) is 5.98. The van der Waals surface area contributed by atoms with Crippen molar-refractivity contribution >= 4 is 5.78 Å². The Balaban J connectivity index is 1.84. The molecule has 106 valence electrons. The van der Waals surface area contributed by atoms with E-state index in [2.05, 4.69) is 0 Å². The molecule has 1 atom stereocenters. The van der Waals surface area contributed by atoms with Crippen LogP contribution in [-0.4, -0.2) is 19.0 Å². The molecular weight excluding hydrogens is 240 g/mol. The molecule has 3 aliphatic rings. The van der Waals surface area contributed by atoms with Gasteiger partial charge in [0.15, 0.2) is 0 Å². The number of allylic oxidation sites excluding steroid dienone is 2. The van der Waals surface area contributed by atoms with Crippen molar-refractivity contribution in [2.75, 3.05) is 13.2 Å². The van der Waals surface area contributed by atoms with Crippen LogP contribution in [0.1, 0.15) is 57.8 Å². The first kappa shape index (κ1) is 13.0. The number of rotatable bonds is 2. The van der Waals surface area contributed by atoms with Gasteiger partial charge in [0.05, 0.1) is 5.92 Å². The minimum absolute atomic E-state index is 0.00134. The molecule has 2 aliphatic carbocycles. The van der Waals surface area contributed by atoms with Crippen LogP contribution < -0.4 is 0 Å². The molecular formula is C16H24O3. The third-order valence-corrected chi connectivity index (χ3v) is 4.69. The molecule has 0 radical (unpaired) electrons. The van der Waals surface area contributed by atoms with Gasteiger partial charge in [-0.3, -0.25) is 4.79 Å². The van der Waals surface area contributed by atoms with Crippen molar-refractivity contribution < 1.29 is 14.3 Å². The lowest BCUT2D eigenvalue weighted by atomic mass is 9.92. The first-order valence-electron chi connectivity index (χ1n) is 7.88. The Morgan fingerprint density at radius 1 is 0.789 bits per heavy atom. The smallest absolute Gasteiger partial charge is 0.144 e. The minimum atomic E-state index is -0.00134. The summed E-state index contributed by atoms with van der Waals surface area (Å²) in [6.45, 7) is 1.26. The van der Waals surface area contributed by atoms with Crippen molar-refractivity contribution in [2.24, 2.45) is 11.8 Å². The molecule has 2 fully saturated rings. The average molecular weight is 264 g/mol. The van der Waals surface area contributed by atoms with E-state index in [-0.39, 0.29) is 5.92 Å². The zero-order chi connectivity index (χ0) is 13.1. The standard InChI is InChI=1S/C16H24O3/c17-14-9-5-8-13(14)16-15(18-10-11-19-16)12-6-3-1-2-4-7-12/h12-13H,1-11H2. The Bertz CT molecular complexity index is 364. The molecule has 0 bridgehead atoms. The molecule has 3 heteroatoms. The van der Waals surface area contributed by atoms with E-state index in [9.17, 15) is 4.79 Å². The summed E-state index contributed by atoms with van der Waals surface area (Å²) in [5.74, 6) is 2.78. The Hall–Kier alpha value is -0.990. The highest BCUT2D eigenvalue weighted by molar-refractivity contribution is 5.85. The van der Waals surface area contributed by atoms with Gasteiger partial charge in [0.2, 0.25) is 0 Å². The van der Waals surface area contributed by atoms with E-state index in [4.69, 9.17) is 9.47 Å². The van der Waals surface area contributed by atoms with E-state index < -0.39 is 0 Å². The van der Waals surface area contributed by atoms with Gasteiger partial charge in [-0.05, 0) is 25.7 Å². The summed E-state index contributed by atoms with van der Waals surface area (Å²) in [6, 6.07) is 0. The van der Waals surface area contributed by atoms with Gasteiger partial charge in [-0.15, -0.1) is 0 Å². The predicted octanol–water partition coefficient (Wildman–Crippen LogP) is 3.58. The Morgan fingerprint density at radius 3 is 2.11 bits per heavy atom. The van der Waals surface area contributed by atoms with E-state index in [1.165, 1.54) is 38.5 Å². The lowest BCUT2D eigenvalue weighted by Crippen LogP contribution is -2.25. The van der Waals surface area contributed by atoms with Gasteiger partial charge in [0.1, 0.15) is 30.5 Å². The third-order valence-electron chi connectivity index (χ3n) is 4.69. The number of hydrogen-bond donors (Lipinski definition) is 0. The van der Waals surface area contributed by atoms with E-state index >= 15 is 0 Å². The fourth-order valence-corrected chi connectivity index (χ4v) is 3.67. The van der Waals surface area contributed by atoms with Crippen molar-refractivity contribution in [1.29, 1.82) is 0 Å². The van der Waals surface area contributed by atoms with Crippen molar-refractivity contribution in [2.45, 2.75) is 57.8 Å². The van der Waals surface area contributed by atoms with E-state index in [1.54, 1.807) is 0 Å². The molecule has 0 N–H and O–H groups in total. The summed E-state index contributed by atoms with van der Waals surface area (Å²) >= 11 is 0. The van der Waals surface area contributed by atoms with Gasteiger partial charge in [0.25, 0.3) is 0 Å². The maximum atomic E-state index is 12.0. The van der Waals surface area contributed by atoms with Crippen molar-refractivity contribution in [3.63, 3.8) is 0 Å². The van der Waals surface area contributed by atoms with Crippen LogP contribution >= 0.6 is 0 Å². The first-order chi connectivity index (χ1) is 9.36. The number of ketones is 1. The fourth-order valence-electron chi connectivity index (χ4n) is 3.67. The maximum Gasteiger partial charge on any atom is 0.144 e. The lowest BCUT2D eigenvalue weighted by Gasteiger charge is -2.29. The molecule has 3 rings (SSSR count). The summed E-state index contributed by atoms with van der Waals surface area (Å²) < 4.78 is 11.8. The molecule has 0 spiro atoms. The van der Waals surface area contributed by atoms with E-state index in [0.717, 1.165) is 30.8 Å². The van der Waals surface area contributed by atoms with Crippen LogP contribution in [0.2, 0.25) is 0 Å². The van der Waals surface area contributed by atoms with Crippen molar-refractivity contribution in [1.82, 2.24) is 0 Å². The quantitative estimate of drug-likeness (QED) is 0.715. The SMILES string of the molecule is O=C1CCCC1C1=C(C2CCCCCC2)OCCO1. The zero-order valence-corrected chi connectivity index (χ0v) is 11.7. The van der Waals surface area contributed by atoms with Gasteiger partial charge in [-0.2, -0.15) is 0 Å². The number of carbonyl (C=O) groups is 1. The highest BCUT2D eigenvalue weighted by atomic mass is 16.6. The third kappa shape index (κ3) is 2.80. The van der Waals surface area contributed by atoms with Crippen molar-refractivity contribution in [3.8, 4) is 0 Å². The fraction of sp³-hybridized carbons (Fsp3) is 0.812. The number of hydrogen-bond acceptors (Lipinski definition) is 3. The maximum absolute atomic E-state index is 12.0. The van der Waals surface area contributed by atoms with E-state index in [1.807, 2.05) is 0 Å². The van der Waals surface area contributed by atoms with Crippen LogP contribution in [0.3, 0.4) is 0 Å². The molecule has 19 heavy (non-hydrogen) atoms. The molecule has 0 aromatic heterocycles. The van der Waals surface area contributed by atoms with Gasteiger partial charge >= 0.3 is 0 Å². The van der Waals surface area contributed by atoms with Crippen LogP contribution in [-0.2, 0) is 14.3 Å². The van der Waals surface area contributed by atoms with Gasteiger partial charge in [-0.1, -0.05) is 25.7 Å². The Labute approximate surface area is 115 Å². The molecule has 1 aliphatic heterocycles. The molecule has 3 nitrogen and oxygen atoms in total. The lowest BCUT2D eigenvalue weighted by molar-refractivity contribution is -0.121. The van der Waals surface area contributed by atoms with Crippen LogP contribution in [0.4, 0.5) is 0 Å². The van der Waals surface area contributed by atoms with Crippen LogP contribution in [0.5, 0.6) is 0 Å². The molecule has 0 aromatic rings. The first-order valence-corrected chi connectivity index (χ1v) is 7.88. The number of Topliss-reactive ketones (excluding diaryl/α,β-unsaturated/α-hetero) is 1. The summed E-state index contributed by atoms with van der Waals surface area (Å²) in [5, 5.41) is 0. The van der Waals surface area contributed by atoms with Crippen LogP contribution in [0.25, 0.3) is 0 Å². The summed E-state index contributed by atoms with van der Waals surface area (Å²) in [7, 11) is 0. The van der Waals surface area contributed by atoms with Crippen LogP contribution in [0, 0.1) is 11.8 Å². The Morgan fingerprint density at radius 2 is 1.47 bits per heavy atom. The van der Waals surface area contributed by atoms with Gasteiger partial charge in [0, 0.05) is 12.3 Å². The molecule has 2 saturated carbocycles. The topological polar surface area (TPSA) is 35.5 Å². The number of ether oxygens (including phenoxy) is 2. The summed E-state index contributed by atoms with van der Waals surface area (Å²) in [4.78, 5) is 12.0. The minimum Gasteiger partial charge on any atom is -0.491 e. The Kier molecular flexibility index (Phi) is 4.09. The average Bonchev–Trinajstić information content (AvgIpc) is 2.71. The molecule has 1 heterocycles. The van der Waals surface area contributed by atoms with E-state index in [0.29, 0.717) is 24.9 Å². The second-order valence-corrected chi connectivity index (χ2v) is 6.03. The molecule has 0 saturated heterocycles. The van der Waals surface area contributed by atoms with Crippen LogP contribution in [0.15, 0.2) is 11.5 Å². The molecule has 1 unspecified atom stereocenters. The normalized spacial score (nSPS) is 29.9. The largest absolute Gasteiger partial charge is 0.491 e. The number of carbonyl (C=O) groups excluding carboxylic acids is 1. The highest BCUT2D eigenvalue weighted by Crippen LogP contribution is 2.38. The molecule has 0 aromatic carbocycles. The highest BCUT2D eigenvalue weighted by Gasteiger charge is 2.36. The summed E-state index contributed by atoms with van der Waals surface area (Å²) in [6.07, 6.45) is 10.3. The second-order valence-electron chi connectivity index (χ2n) is 6.03. The predicted molar refractivity (Wildman–Crippen MR) is 72.5 cm³/mol. The molecule has 0 amide bonds. The van der Waals surface area contributed by atoms with Crippen molar-refractivity contribution in [3.05, 3.63) is 11.5 Å². The summed E-state index contributed by atoms with van der Waals surface area (Å²) in [5.41, 5.74) is 0. The van der Waals surface area contributed by atoms with Gasteiger partial charge < -0.3 is 9.47 Å². The zero-order valence-electron chi connectivity index (χ0n) is 11.7. The monoisotopic (exact) mass is 264 g/mol.